The fraction of sp³-hybridized carbons (Fsp3) is 0.500. The van der Waals surface area contributed by atoms with Gasteiger partial charge in [0.2, 0.25) is 17.7 Å². The van der Waals surface area contributed by atoms with Crippen molar-refractivity contribution in [2.75, 3.05) is 18.4 Å². The summed E-state index contributed by atoms with van der Waals surface area (Å²) in [7, 11) is 0. The molecule has 10 nitrogen and oxygen atoms in total. The van der Waals surface area contributed by atoms with Crippen molar-refractivity contribution >= 4 is 35.4 Å². The fourth-order valence-corrected chi connectivity index (χ4v) is 4.66. The third-order valence-corrected chi connectivity index (χ3v) is 6.52. The highest BCUT2D eigenvalue weighted by atomic mass is 16.4. The highest BCUT2D eigenvalue weighted by Crippen LogP contribution is 2.32. The Labute approximate surface area is 184 Å². The summed E-state index contributed by atoms with van der Waals surface area (Å²) in [5, 5.41) is 14.2. The van der Waals surface area contributed by atoms with Crippen LogP contribution >= 0.6 is 0 Å². The summed E-state index contributed by atoms with van der Waals surface area (Å²) in [6.45, 7) is 1.18. The second kappa shape index (κ2) is 8.97. The van der Waals surface area contributed by atoms with E-state index in [2.05, 4.69) is 10.6 Å². The lowest BCUT2D eigenvalue weighted by molar-refractivity contribution is -0.137. The van der Waals surface area contributed by atoms with Gasteiger partial charge in [0, 0.05) is 49.3 Å². The molecule has 0 spiro atoms. The predicted molar refractivity (Wildman–Crippen MR) is 113 cm³/mol. The number of rotatable bonds is 5. The predicted octanol–water partition coefficient (Wildman–Crippen LogP) is 1.56. The molecule has 32 heavy (non-hydrogen) atoms. The van der Waals surface area contributed by atoms with E-state index in [1.807, 2.05) is 0 Å². The molecule has 0 radical (unpaired) electrons. The Balaban J connectivity index is 1.35. The average Bonchev–Trinajstić information content (AvgIpc) is 3.10. The molecule has 0 aliphatic carbocycles. The maximum atomic E-state index is 12.9. The number of likely N-dealkylation sites (tertiary alicyclic amines) is 1. The van der Waals surface area contributed by atoms with Gasteiger partial charge in [0.25, 0.3) is 5.91 Å². The third kappa shape index (κ3) is 4.44. The molecule has 1 unspecified atom stereocenters. The SMILES string of the molecule is O=C1CCC(N2Cc3c(NC(=O)CCC4CCN(C(=O)O)CC4)cccc3C2=O)C(=O)N1. The number of nitrogens with zero attached hydrogens (tertiary/aromatic N) is 2. The van der Waals surface area contributed by atoms with Gasteiger partial charge in [-0.25, -0.2) is 4.79 Å². The van der Waals surface area contributed by atoms with Crippen LogP contribution in [0, 0.1) is 5.92 Å². The lowest BCUT2D eigenvalue weighted by Crippen LogP contribution is -2.52. The molecule has 3 N–H and O–H groups in total. The number of piperidine rings is 2. The molecule has 4 rings (SSSR count). The minimum absolute atomic E-state index is 0.161. The van der Waals surface area contributed by atoms with Gasteiger partial charge in [-0.15, -0.1) is 0 Å². The molecule has 1 atom stereocenters. The summed E-state index contributed by atoms with van der Waals surface area (Å²) in [5.74, 6) is -0.942. The minimum Gasteiger partial charge on any atom is -0.465 e. The Morgan fingerprint density at radius 1 is 1.12 bits per heavy atom. The number of imide groups is 1. The lowest BCUT2D eigenvalue weighted by Gasteiger charge is -2.29. The van der Waals surface area contributed by atoms with Gasteiger partial charge in [-0.1, -0.05) is 6.07 Å². The zero-order valence-corrected chi connectivity index (χ0v) is 17.6. The van der Waals surface area contributed by atoms with Crippen LogP contribution in [-0.4, -0.2) is 63.8 Å². The molecule has 5 amide bonds. The van der Waals surface area contributed by atoms with Gasteiger partial charge in [-0.05, 0) is 43.7 Å². The third-order valence-electron chi connectivity index (χ3n) is 6.52. The largest absolute Gasteiger partial charge is 0.465 e. The average molecular weight is 442 g/mol. The van der Waals surface area contributed by atoms with Crippen LogP contribution in [0.2, 0.25) is 0 Å². The molecule has 3 aliphatic heterocycles. The molecule has 1 aromatic rings. The van der Waals surface area contributed by atoms with Gasteiger partial charge in [0.1, 0.15) is 6.04 Å². The maximum Gasteiger partial charge on any atom is 0.407 e. The summed E-state index contributed by atoms with van der Waals surface area (Å²) in [5.41, 5.74) is 1.68. The molecule has 0 aromatic heterocycles. The van der Waals surface area contributed by atoms with E-state index in [1.54, 1.807) is 18.2 Å². The number of hydrogen-bond donors (Lipinski definition) is 3. The molecule has 0 saturated carbocycles. The molecule has 3 aliphatic rings. The van der Waals surface area contributed by atoms with E-state index in [4.69, 9.17) is 5.11 Å². The van der Waals surface area contributed by atoms with Gasteiger partial charge in [0.05, 0.1) is 0 Å². The van der Waals surface area contributed by atoms with E-state index >= 15 is 0 Å². The van der Waals surface area contributed by atoms with E-state index in [1.165, 1.54) is 9.80 Å². The van der Waals surface area contributed by atoms with Crippen LogP contribution < -0.4 is 10.6 Å². The number of anilines is 1. The number of carbonyl (C=O) groups excluding carboxylic acids is 4. The van der Waals surface area contributed by atoms with E-state index in [-0.39, 0.29) is 37.1 Å². The highest BCUT2D eigenvalue weighted by molar-refractivity contribution is 6.06. The second-order valence-electron chi connectivity index (χ2n) is 8.53. The van der Waals surface area contributed by atoms with Crippen LogP contribution in [0.15, 0.2) is 18.2 Å². The molecule has 3 heterocycles. The van der Waals surface area contributed by atoms with Crippen LogP contribution in [0.1, 0.15) is 54.4 Å². The Morgan fingerprint density at radius 3 is 2.56 bits per heavy atom. The molecule has 10 heteroatoms. The summed E-state index contributed by atoms with van der Waals surface area (Å²) < 4.78 is 0. The van der Waals surface area contributed by atoms with Crippen LogP contribution in [0.25, 0.3) is 0 Å². The zero-order chi connectivity index (χ0) is 22.8. The summed E-state index contributed by atoms with van der Waals surface area (Å²) in [6, 6.07) is 4.41. The van der Waals surface area contributed by atoms with Crippen LogP contribution in [-0.2, 0) is 20.9 Å². The number of carboxylic acid groups (broad SMARTS) is 1. The van der Waals surface area contributed by atoms with Crippen molar-refractivity contribution in [1.82, 2.24) is 15.1 Å². The van der Waals surface area contributed by atoms with Crippen molar-refractivity contribution < 1.29 is 29.1 Å². The van der Waals surface area contributed by atoms with Gasteiger partial charge in [-0.3, -0.25) is 24.5 Å². The molecule has 170 valence electrons. The van der Waals surface area contributed by atoms with Crippen molar-refractivity contribution in [3.63, 3.8) is 0 Å². The normalized spacial score (nSPS) is 21.4. The highest BCUT2D eigenvalue weighted by Gasteiger charge is 2.40. The van der Waals surface area contributed by atoms with Gasteiger partial charge < -0.3 is 20.2 Å². The van der Waals surface area contributed by atoms with E-state index in [9.17, 15) is 24.0 Å². The Bertz CT molecular complexity index is 969. The molecule has 2 fully saturated rings. The van der Waals surface area contributed by atoms with Crippen molar-refractivity contribution in [3.8, 4) is 0 Å². The Morgan fingerprint density at radius 2 is 1.88 bits per heavy atom. The number of nitrogens with one attached hydrogen (secondary N) is 2. The number of benzene rings is 1. The topological polar surface area (TPSA) is 136 Å². The Kier molecular flexibility index (Phi) is 6.11. The quantitative estimate of drug-likeness (QED) is 0.592. The smallest absolute Gasteiger partial charge is 0.407 e. The van der Waals surface area contributed by atoms with Crippen LogP contribution in [0.3, 0.4) is 0 Å². The number of fused-ring (bicyclic) bond motifs is 1. The van der Waals surface area contributed by atoms with E-state index in [0.29, 0.717) is 48.7 Å². The van der Waals surface area contributed by atoms with Crippen molar-refractivity contribution in [2.24, 2.45) is 5.92 Å². The molecular weight excluding hydrogens is 416 g/mol. The standard InChI is InChI=1S/C22H26N4O6/c27-18(6-4-13-8-10-25(11-9-13)22(31)32)23-16-3-1-2-14-15(16)12-26(21(14)30)17-5-7-19(28)24-20(17)29/h1-3,13,17H,4-12H2,(H,23,27)(H,31,32)(H,24,28,29). The number of hydrogen-bond acceptors (Lipinski definition) is 5. The number of amides is 5. The first-order chi connectivity index (χ1) is 15.3. The maximum absolute atomic E-state index is 12.9. The first-order valence-corrected chi connectivity index (χ1v) is 10.9. The fourth-order valence-electron chi connectivity index (χ4n) is 4.66. The molecular formula is C22H26N4O6. The van der Waals surface area contributed by atoms with Gasteiger partial charge >= 0.3 is 6.09 Å². The van der Waals surface area contributed by atoms with Crippen molar-refractivity contribution in [3.05, 3.63) is 29.3 Å². The van der Waals surface area contributed by atoms with Crippen molar-refractivity contribution in [1.29, 1.82) is 0 Å². The van der Waals surface area contributed by atoms with Gasteiger partial charge in [0.15, 0.2) is 0 Å². The molecule has 0 bridgehead atoms. The summed E-state index contributed by atoms with van der Waals surface area (Å²) in [6.07, 6.45) is 2.05. The van der Waals surface area contributed by atoms with Crippen LogP contribution in [0.4, 0.5) is 10.5 Å². The summed E-state index contributed by atoms with van der Waals surface area (Å²) in [4.78, 5) is 62.9. The second-order valence-corrected chi connectivity index (χ2v) is 8.53. The van der Waals surface area contributed by atoms with E-state index < -0.39 is 18.0 Å². The summed E-state index contributed by atoms with van der Waals surface area (Å²) >= 11 is 0. The van der Waals surface area contributed by atoms with Gasteiger partial charge in [-0.2, -0.15) is 0 Å². The van der Waals surface area contributed by atoms with Crippen molar-refractivity contribution in [2.45, 2.75) is 51.1 Å². The minimum atomic E-state index is -0.903. The lowest BCUT2D eigenvalue weighted by atomic mass is 9.92. The number of carbonyl (C=O) groups is 5. The van der Waals surface area contributed by atoms with E-state index in [0.717, 1.165) is 12.8 Å². The Hall–Kier alpha value is -3.43. The first-order valence-electron chi connectivity index (χ1n) is 10.9. The zero-order valence-electron chi connectivity index (χ0n) is 17.6. The molecule has 2 saturated heterocycles. The molecule has 1 aromatic carbocycles. The monoisotopic (exact) mass is 442 g/mol. The van der Waals surface area contributed by atoms with Crippen LogP contribution in [0.5, 0.6) is 0 Å². The first kappa shape index (κ1) is 21.8.